The van der Waals surface area contributed by atoms with E-state index in [1.165, 1.54) is 25.1 Å². The Hall–Kier alpha value is -2.21. The molecular formula is C16H12ClF3O3. The van der Waals surface area contributed by atoms with E-state index in [0.29, 0.717) is 10.8 Å². The highest BCUT2D eigenvalue weighted by molar-refractivity contribution is 6.30. The first-order chi connectivity index (χ1) is 10.8. The first-order valence-electron chi connectivity index (χ1n) is 6.63. The Morgan fingerprint density at radius 2 is 1.70 bits per heavy atom. The summed E-state index contributed by atoms with van der Waals surface area (Å²) in [5.74, 6) is -0.753. The maximum atomic E-state index is 13.1. The van der Waals surface area contributed by atoms with Crippen LogP contribution in [-0.4, -0.2) is 12.6 Å². The molecule has 0 saturated carbocycles. The summed E-state index contributed by atoms with van der Waals surface area (Å²) in [5.41, 5.74) is -1.66. The quantitative estimate of drug-likeness (QED) is 0.703. The van der Waals surface area contributed by atoms with Gasteiger partial charge in [-0.3, -0.25) is 0 Å². The van der Waals surface area contributed by atoms with Crippen LogP contribution in [0.25, 0.3) is 0 Å². The van der Waals surface area contributed by atoms with E-state index < -0.39 is 23.3 Å². The third kappa shape index (κ3) is 4.39. The maximum absolute atomic E-state index is 13.1. The fraction of sp³-hybridized carbons (Fsp3) is 0.188. The zero-order valence-corrected chi connectivity index (χ0v) is 12.7. The molecule has 0 spiro atoms. The number of hydrogen-bond donors (Lipinski definition) is 0. The van der Waals surface area contributed by atoms with E-state index >= 15 is 0 Å². The second-order valence-electron chi connectivity index (χ2n) is 4.48. The molecular weight excluding hydrogens is 333 g/mol. The highest BCUT2D eigenvalue weighted by Crippen LogP contribution is 2.36. The minimum atomic E-state index is -4.71. The monoisotopic (exact) mass is 344 g/mol. The molecule has 23 heavy (non-hydrogen) atoms. The van der Waals surface area contributed by atoms with Gasteiger partial charge in [0, 0.05) is 5.02 Å². The van der Waals surface area contributed by atoms with Gasteiger partial charge in [0.2, 0.25) is 0 Å². The van der Waals surface area contributed by atoms with Gasteiger partial charge in [0.15, 0.2) is 0 Å². The topological polar surface area (TPSA) is 35.5 Å². The Labute approximate surface area is 135 Å². The van der Waals surface area contributed by atoms with Crippen molar-refractivity contribution in [2.45, 2.75) is 13.1 Å². The molecule has 2 rings (SSSR count). The van der Waals surface area contributed by atoms with E-state index in [-0.39, 0.29) is 12.4 Å². The Morgan fingerprint density at radius 3 is 2.26 bits per heavy atom. The van der Waals surface area contributed by atoms with Gasteiger partial charge in [-0.1, -0.05) is 11.6 Å². The minimum Gasteiger partial charge on any atom is -0.462 e. The van der Waals surface area contributed by atoms with Crippen LogP contribution in [0.3, 0.4) is 0 Å². The van der Waals surface area contributed by atoms with Gasteiger partial charge < -0.3 is 9.47 Å². The second-order valence-corrected chi connectivity index (χ2v) is 4.92. The summed E-state index contributed by atoms with van der Waals surface area (Å²) in [5, 5.41) is 0.478. The summed E-state index contributed by atoms with van der Waals surface area (Å²) < 4.78 is 49.4. The molecule has 0 heterocycles. The number of rotatable bonds is 4. The fourth-order valence-corrected chi connectivity index (χ4v) is 1.97. The molecule has 0 atom stereocenters. The number of alkyl halides is 3. The summed E-state index contributed by atoms with van der Waals surface area (Å²) in [6, 6.07) is 9.22. The van der Waals surface area contributed by atoms with Crippen molar-refractivity contribution in [3.05, 3.63) is 58.6 Å². The van der Waals surface area contributed by atoms with E-state index in [1.807, 2.05) is 0 Å². The molecule has 0 radical (unpaired) electrons. The van der Waals surface area contributed by atoms with E-state index in [1.54, 1.807) is 12.1 Å². The Morgan fingerprint density at radius 1 is 1.09 bits per heavy atom. The third-order valence-electron chi connectivity index (χ3n) is 2.84. The van der Waals surface area contributed by atoms with Crippen molar-refractivity contribution >= 4 is 17.6 Å². The molecule has 3 nitrogen and oxygen atoms in total. The summed E-state index contributed by atoms with van der Waals surface area (Å²) in [7, 11) is 0. The van der Waals surface area contributed by atoms with Crippen molar-refractivity contribution in [3.8, 4) is 11.5 Å². The first kappa shape index (κ1) is 17.1. The van der Waals surface area contributed by atoms with Crippen molar-refractivity contribution in [3.63, 3.8) is 0 Å². The van der Waals surface area contributed by atoms with Crippen molar-refractivity contribution in [1.82, 2.24) is 0 Å². The first-order valence-corrected chi connectivity index (χ1v) is 7.01. The predicted octanol–water partition coefficient (Wildman–Crippen LogP) is 5.33. The van der Waals surface area contributed by atoms with Gasteiger partial charge in [-0.2, -0.15) is 13.2 Å². The molecule has 122 valence electrons. The molecule has 2 aromatic carbocycles. The number of benzene rings is 2. The molecule has 0 fully saturated rings. The third-order valence-corrected chi connectivity index (χ3v) is 3.09. The number of hydrogen-bond acceptors (Lipinski definition) is 3. The van der Waals surface area contributed by atoms with E-state index in [9.17, 15) is 18.0 Å². The zero-order valence-electron chi connectivity index (χ0n) is 12.0. The Kier molecular flexibility index (Phi) is 5.15. The predicted molar refractivity (Wildman–Crippen MR) is 78.9 cm³/mol. The molecule has 7 heteroatoms. The molecule has 0 N–H and O–H groups in total. The SMILES string of the molecule is CCOC(=O)c1ccc(Oc2ccc(Cl)cc2)cc1C(F)(F)F. The molecule has 0 aromatic heterocycles. The molecule has 0 aliphatic carbocycles. The van der Waals surface area contributed by atoms with E-state index in [4.69, 9.17) is 16.3 Å². The molecule has 0 aliphatic heterocycles. The lowest BCUT2D eigenvalue weighted by Gasteiger charge is -2.14. The van der Waals surface area contributed by atoms with Crippen LogP contribution in [0.2, 0.25) is 5.02 Å². The Balaban J connectivity index is 2.36. The largest absolute Gasteiger partial charge is 0.462 e. The highest BCUT2D eigenvalue weighted by atomic mass is 35.5. The van der Waals surface area contributed by atoms with E-state index in [2.05, 4.69) is 4.74 Å². The van der Waals surface area contributed by atoms with Gasteiger partial charge in [0.1, 0.15) is 11.5 Å². The van der Waals surface area contributed by atoms with Crippen LogP contribution in [0.1, 0.15) is 22.8 Å². The van der Waals surface area contributed by atoms with Gasteiger partial charge >= 0.3 is 12.1 Å². The number of halogens is 4. The average molecular weight is 345 g/mol. The van der Waals surface area contributed by atoms with Crippen LogP contribution >= 0.6 is 11.6 Å². The van der Waals surface area contributed by atoms with Gasteiger partial charge in [-0.25, -0.2) is 4.79 Å². The molecule has 0 saturated heterocycles. The van der Waals surface area contributed by atoms with Gasteiger partial charge in [-0.15, -0.1) is 0 Å². The average Bonchev–Trinajstić information content (AvgIpc) is 2.49. The molecule has 0 unspecified atom stereocenters. The molecule has 0 aliphatic rings. The number of esters is 1. The van der Waals surface area contributed by atoms with E-state index in [0.717, 1.165) is 12.1 Å². The van der Waals surface area contributed by atoms with Crippen LogP contribution in [-0.2, 0) is 10.9 Å². The smallest absolute Gasteiger partial charge is 0.417 e. The van der Waals surface area contributed by atoms with Crippen molar-refractivity contribution < 1.29 is 27.4 Å². The standard InChI is InChI=1S/C16H12ClF3O3/c1-2-22-15(21)13-8-7-12(9-14(13)16(18,19)20)23-11-5-3-10(17)4-6-11/h3-9H,2H2,1H3. The van der Waals surface area contributed by atoms with Crippen molar-refractivity contribution in [2.75, 3.05) is 6.61 Å². The van der Waals surface area contributed by atoms with Crippen LogP contribution in [0.5, 0.6) is 11.5 Å². The maximum Gasteiger partial charge on any atom is 0.417 e. The molecule has 2 aromatic rings. The Bertz CT molecular complexity index is 697. The highest BCUT2D eigenvalue weighted by Gasteiger charge is 2.36. The minimum absolute atomic E-state index is 0.0147. The zero-order chi connectivity index (χ0) is 17.0. The van der Waals surface area contributed by atoms with Crippen LogP contribution in [0.4, 0.5) is 13.2 Å². The van der Waals surface area contributed by atoms with Crippen LogP contribution in [0.15, 0.2) is 42.5 Å². The summed E-state index contributed by atoms with van der Waals surface area (Å²) in [6.45, 7) is 1.50. The number of carbonyl (C=O) groups is 1. The normalized spacial score (nSPS) is 11.2. The lowest BCUT2D eigenvalue weighted by Crippen LogP contribution is -2.15. The van der Waals surface area contributed by atoms with Gasteiger partial charge in [0.05, 0.1) is 17.7 Å². The summed E-state index contributed by atoms with van der Waals surface area (Å²) >= 11 is 5.73. The molecule has 0 bridgehead atoms. The fourth-order valence-electron chi connectivity index (χ4n) is 1.85. The second kappa shape index (κ2) is 6.91. The number of ether oxygens (including phenoxy) is 2. The lowest BCUT2D eigenvalue weighted by molar-refractivity contribution is -0.138. The van der Waals surface area contributed by atoms with Gasteiger partial charge in [-0.05, 0) is 49.4 Å². The van der Waals surface area contributed by atoms with Crippen molar-refractivity contribution in [2.24, 2.45) is 0 Å². The van der Waals surface area contributed by atoms with Crippen LogP contribution < -0.4 is 4.74 Å². The van der Waals surface area contributed by atoms with Crippen molar-refractivity contribution in [1.29, 1.82) is 0 Å². The lowest BCUT2D eigenvalue weighted by atomic mass is 10.1. The summed E-state index contributed by atoms with van der Waals surface area (Å²) in [6.07, 6.45) is -4.71. The van der Waals surface area contributed by atoms with Gasteiger partial charge in [0.25, 0.3) is 0 Å². The molecule has 0 amide bonds. The summed E-state index contributed by atoms with van der Waals surface area (Å²) in [4.78, 5) is 11.6. The van der Waals surface area contributed by atoms with Crippen LogP contribution in [0, 0.1) is 0 Å². The number of carbonyl (C=O) groups excluding carboxylic acids is 1.